The molecule has 7 heteroatoms. The van der Waals surface area contributed by atoms with Gasteiger partial charge in [0.05, 0.1) is 17.7 Å². The van der Waals surface area contributed by atoms with Crippen LogP contribution in [0.2, 0.25) is 0 Å². The Balaban J connectivity index is 0.00000361. The molecule has 0 unspecified atom stereocenters. The lowest BCUT2D eigenvalue weighted by atomic mass is 9.82. The third-order valence-electron chi connectivity index (χ3n) is 2.91. The molecule has 2 nitrogen and oxygen atoms in total. The van der Waals surface area contributed by atoms with Crippen molar-refractivity contribution in [3.8, 4) is 0 Å². The van der Waals surface area contributed by atoms with Gasteiger partial charge in [0.15, 0.2) is 0 Å². The summed E-state index contributed by atoms with van der Waals surface area (Å²) in [6.45, 7) is 5.14. The van der Waals surface area contributed by atoms with Crippen LogP contribution in [-0.4, -0.2) is 11.2 Å². The number of aliphatic hydroxyl groups excluding tert-OH is 1. The molecular weight excluding hydrogens is 298 g/mol. The minimum Gasteiger partial charge on any atom is -0.391 e. The molecule has 0 amide bonds. The Hall–Kier alpha value is -0.850. The van der Waals surface area contributed by atoms with Crippen molar-refractivity contribution in [3.05, 3.63) is 35.1 Å². The average molecular weight is 316 g/mol. The van der Waals surface area contributed by atoms with Gasteiger partial charge in [-0.3, -0.25) is 0 Å². The summed E-state index contributed by atoms with van der Waals surface area (Å²) in [6, 6.07) is 1.51. The lowest BCUT2D eigenvalue weighted by molar-refractivity contribution is -0.140. The van der Waals surface area contributed by atoms with E-state index in [4.69, 9.17) is 5.73 Å². The largest absolute Gasteiger partial charge is 0.419 e. The van der Waals surface area contributed by atoms with Gasteiger partial charge in [0, 0.05) is 0 Å². The fourth-order valence-corrected chi connectivity index (χ4v) is 1.69. The average Bonchev–Trinajstić information content (AvgIpc) is 2.25. The molecule has 3 N–H and O–H groups in total. The smallest absolute Gasteiger partial charge is 0.391 e. The summed E-state index contributed by atoms with van der Waals surface area (Å²) in [5.74, 6) is -1.35. The Morgan fingerprint density at radius 1 is 1.15 bits per heavy atom. The topological polar surface area (TPSA) is 46.2 Å². The summed E-state index contributed by atoms with van der Waals surface area (Å²) >= 11 is 0. The summed E-state index contributed by atoms with van der Waals surface area (Å²) in [6.07, 6.45) is -5.83. The van der Waals surface area contributed by atoms with Gasteiger partial charge in [-0.05, 0) is 23.1 Å². The molecule has 0 aliphatic carbocycles. The maximum absolute atomic E-state index is 13.1. The Morgan fingerprint density at radius 3 is 2.05 bits per heavy atom. The zero-order chi connectivity index (χ0) is 15.0. The Labute approximate surface area is 121 Å². The van der Waals surface area contributed by atoms with E-state index in [-0.39, 0.29) is 18.0 Å². The molecule has 0 aliphatic rings. The SMILES string of the molecule is CC(C)(C)[C@@H](O)[C@@H](N)c1ccc(F)c(C(F)(F)F)c1.Cl. The number of nitrogens with two attached hydrogens (primary N) is 1. The first-order valence-corrected chi connectivity index (χ1v) is 5.75. The summed E-state index contributed by atoms with van der Waals surface area (Å²) in [4.78, 5) is 0. The number of hydrogen-bond acceptors (Lipinski definition) is 2. The van der Waals surface area contributed by atoms with Gasteiger partial charge in [0.25, 0.3) is 0 Å². The third-order valence-corrected chi connectivity index (χ3v) is 2.91. The van der Waals surface area contributed by atoms with Gasteiger partial charge in [0.2, 0.25) is 0 Å². The van der Waals surface area contributed by atoms with Crippen LogP contribution in [0, 0.1) is 11.2 Å². The van der Waals surface area contributed by atoms with E-state index in [1.165, 1.54) is 0 Å². The molecular formula is C13H18ClF4NO. The Morgan fingerprint density at radius 2 is 1.65 bits per heavy atom. The van der Waals surface area contributed by atoms with Crippen LogP contribution in [0.3, 0.4) is 0 Å². The van der Waals surface area contributed by atoms with Gasteiger partial charge in [-0.1, -0.05) is 26.8 Å². The van der Waals surface area contributed by atoms with Crippen molar-refractivity contribution in [2.24, 2.45) is 11.1 Å². The van der Waals surface area contributed by atoms with Crippen LogP contribution >= 0.6 is 12.4 Å². The van der Waals surface area contributed by atoms with E-state index < -0.39 is 35.1 Å². The molecule has 0 heterocycles. The van der Waals surface area contributed by atoms with Crippen molar-refractivity contribution >= 4 is 12.4 Å². The highest BCUT2D eigenvalue weighted by Crippen LogP contribution is 2.35. The normalized spacial score (nSPS) is 15.4. The Kier molecular flexibility index (Phi) is 6.02. The molecule has 1 rings (SSSR count). The monoisotopic (exact) mass is 315 g/mol. The van der Waals surface area contributed by atoms with Gasteiger partial charge in [0.1, 0.15) is 5.82 Å². The fraction of sp³-hybridized carbons (Fsp3) is 0.538. The second-order valence-corrected chi connectivity index (χ2v) is 5.57. The second kappa shape index (κ2) is 6.28. The molecule has 0 aromatic heterocycles. The lowest BCUT2D eigenvalue weighted by Crippen LogP contribution is -2.37. The van der Waals surface area contributed by atoms with Crippen LogP contribution in [0.25, 0.3) is 0 Å². The first-order valence-electron chi connectivity index (χ1n) is 5.75. The molecule has 0 radical (unpaired) electrons. The molecule has 0 spiro atoms. The molecule has 0 bridgehead atoms. The molecule has 1 aromatic carbocycles. The number of halogens is 5. The first-order chi connectivity index (χ1) is 8.44. The van der Waals surface area contributed by atoms with Crippen molar-refractivity contribution in [2.75, 3.05) is 0 Å². The lowest BCUT2D eigenvalue weighted by Gasteiger charge is -2.31. The van der Waals surface area contributed by atoms with Crippen molar-refractivity contribution in [1.82, 2.24) is 0 Å². The van der Waals surface area contributed by atoms with Crippen LogP contribution in [0.1, 0.15) is 37.9 Å². The summed E-state index contributed by atoms with van der Waals surface area (Å²) < 4.78 is 50.9. The van der Waals surface area contributed by atoms with Crippen LogP contribution in [0.4, 0.5) is 17.6 Å². The van der Waals surface area contributed by atoms with E-state index in [1.54, 1.807) is 20.8 Å². The maximum atomic E-state index is 13.1. The van der Waals surface area contributed by atoms with E-state index in [1.807, 2.05) is 0 Å². The van der Waals surface area contributed by atoms with Gasteiger partial charge in [-0.2, -0.15) is 13.2 Å². The van der Waals surface area contributed by atoms with Crippen molar-refractivity contribution in [1.29, 1.82) is 0 Å². The van der Waals surface area contributed by atoms with Crippen LogP contribution < -0.4 is 5.73 Å². The molecule has 1 aromatic rings. The van der Waals surface area contributed by atoms with Gasteiger partial charge >= 0.3 is 6.18 Å². The van der Waals surface area contributed by atoms with Gasteiger partial charge < -0.3 is 10.8 Å². The molecule has 0 saturated carbocycles. The fourth-order valence-electron chi connectivity index (χ4n) is 1.69. The van der Waals surface area contributed by atoms with Crippen molar-refractivity contribution < 1.29 is 22.7 Å². The predicted octanol–water partition coefficient (Wildman–Crippen LogP) is 3.67. The van der Waals surface area contributed by atoms with Crippen molar-refractivity contribution in [3.63, 3.8) is 0 Å². The standard InChI is InChI=1S/C13H17F4NO.ClH/c1-12(2,3)11(19)10(18)7-4-5-9(14)8(6-7)13(15,16)17;/h4-6,10-11,19H,18H2,1-3H3;1H/t10-,11-;/m0./s1. The van der Waals surface area contributed by atoms with Crippen LogP contribution in [-0.2, 0) is 6.18 Å². The molecule has 0 saturated heterocycles. The third kappa shape index (κ3) is 4.33. The number of alkyl halides is 3. The highest BCUT2D eigenvalue weighted by Gasteiger charge is 2.36. The highest BCUT2D eigenvalue weighted by atomic mass is 35.5. The van der Waals surface area contributed by atoms with Gasteiger partial charge in [-0.15, -0.1) is 12.4 Å². The predicted molar refractivity (Wildman–Crippen MR) is 71.0 cm³/mol. The van der Waals surface area contributed by atoms with Crippen LogP contribution in [0.5, 0.6) is 0 Å². The molecule has 116 valence electrons. The summed E-state index contributed by atoms with van der Waals surface area (Å²) in [7, 11) is 0. The first kappa shape index (κ1) is 19.1. The van der Waals surface area contributed by atoms with Gasteiger partial charge in [-0.25, -0.2) is 4.39 Å². The Bertz CT molecular complexity index is 457. The highest BCUT2D eigenvalue weighted by molar-refractivity contribution is 5.85. The molecule has 0 aliphatic heterocycles. The summed E-state index contributed by atoms with van der Waals surface area (Å²) in [5.41, 5.74) is 3.83. The maximum Gasteiger partial charge on any atom is 0.419 e. The molecule has 2 atom stereocenters. The molecule has 20 heavy (non-hydrogen) atoms. The number of benzene rings is 1. The molecule has 0 fully saturated rings. The minimum absolute atomic E-state index is 0. The number of aliphatic hydroxyl groups is 1. The quantitative estimate of drug-likeness (QED) is 0.818. The minimum atomic E-state index is -4.79. The second-order valence-electron chi connectivity index (χ2n) is 5.57. The number of hydrogen-bond donors (Lipinski definition) is 2. The zero-order valence-corrected chi connectivity index (χ0v) is 12.1. The van der Waals surface area contributed by atoms with Crippen molar-refractivity contribution in [2.45, 2.75) is 39.1 Å². The zero-order valence-electron chi connectivity index (χ0n) is 11.3. The summed E-state index contributed by atoms with van der Waals surface area (Å²) in [5, 5.41) is 9.97. The van der Waals surface area contributed by atoms with E-state index in [9.17, 15) is 22.7 Å². The van der Waals surface area contributed by atoms with Crippen LogP contribution in [0.15, 0.2) is 18.2 Å². The van der Waals surface area contributed by atoms with E-state index in [0.29, 0.717) is 12.1 Å². The number of rotatable bonds is 2. The van der Waals surface area contributed by atoms with E-state index >= 15 is 0 Å². The van der Waals surface area contributed by atoms with E-state index in [2.05, 4.69) is 0 Å². The van der Waals surface area contributed by atoms with E-state index in [0.717, 1.165) is 6.07 Å².